The Balaban J connectivity index is 3.04. The molecule has 0 fully saturated rings. The first-order valence-corrected chi connectivity index (χ1v) is 8.80. The van der Waals surface area contributed by atoms with Crippen LogP contribution in [0.25, 0.3) is 0 Å². The van der Waals surface area contributed by atoms with Gasteiger partial charge in [-0.3, -0.25) is 5.32 Å². The molecule has 0 radical (unpaired) electrons. The van der Waals surface area contributed by atoms with Gasteiger partial charge in [-0.1, -0.05) is 0 Å². The van der Waals surface area contributed by atoms with Gasteiger partial charge in [0.25, 0.3) is 10.0 Å². The van der Waals surface area contributed by atoms with Crippen LogP contribution in [-0.4, -0.2) is 44.0 Å². The standard InChI is InChI=1S/C14H21N5O5S/c1-6-24-12(20)11(10(4)15-5)25(22,23)19-14(21)18-13-16-8(2)7-9(3)17-13/h7,15H,6H2,1-5H3,(H2,16,17,18,19,21). The molecule has 1 heterocycles. The van der Waals surface area contributed by atoms with Crippen molar-refractivity contribution < 1.29 is 22.7 Å². The van der Waals surface area contributed by atoms with E-state index in [1.54, 1.807) is 24.6 Å². The van der Waals surface area contributed by atoms with E-state index in [1.165, 1.54) is 20.9 Å². The fourth-order valence-corrected chi connectivity index (χ4v) is 3.04. The van der Waals surface area contributed by atoms with Crippen molar-refractivity contribution in [2.45, 2.75) is 27.7 Å². The van der Waals surface area contributed by atoms with Crippen molar-refractivity contribution in [3.8, 4) is 0 Å². The van der Waals surface area contributed by atoms with E-state index in [2.05, 4.69) is 20.6 Å². The van der Waals surface area contributed by atoms with Crippen molar-refractivity contribution in [3.63, 3.8) is 0 Å². The summed E-state index contributed by atoms with van der Waals surface area (Å²) in [5.41, 5.74) is 1.23. The molecule has 0 spiro atoms. The van der Waals surface area contributed by atoms with Crippen LogP contribution >= 0.6 is 0 Å². The Labute approximate surface area is 146 Å². The maximum atomic E-state index is 12.4. The van der Waals surface area contributed by atoms with E-state index in [0.717, 1.165) is 0 Å². The third kappa shape index (κ3) is 5.71. The van der Waals surface area contributed by atoms with Gasteiger partial charge in [-0.25, -0.2) is 32.7 Å². The van der Waals surface area contributed by atoms with Crippen LogP contribution in [-0.2, 0) is 19.6 Å². The van der Waals surface area contributed by atoms with Gasteiger partial charge in [0.15, 0.2) is 4.91 Å². The Kier molecular flexibility index (Phi) is 6.86. The summed E-state index contributed by atoms with van der Waals surface area (Å²) in [5, 5.41) is 4.77. The summed E-state index contributed by atoms with van der Waals surface area (Å²) in [7, 11) is -3.03. The highest BCUT2D eigenvalue weighted by Gasteiger charge is 2.30. The zero-order chi connectivity index (χ0) is 19.2. The molecule has 3 N–H and O–H groups in total. The molecule has 25 heavy (non-hydrogen) atoms. The number of hydrogen-bond acceptors (Lipinski definition) is 8. The molecule has 138 valence electrons. The van der Waals surface area contributed by atoms with Crippen LogP contribution in [0.5, 0.6) is 0 Å². The van der Waals surface area contributed by atoms with Crippen molar-refractivity contribution in [1.82, 2.24) is 20.0 Å². The summed E-state index contributed by atoms with van der Waals surface area (Å²) in [5.74, 6) is -1.13. The van der Waals surface area contributed by atoms with Crippen molar-refractivity contribution in [2.75, 3.05) is 19.0 Å². The number of anilines is 1. The molecule has 2 amide bonds. The van der Waals surface area contributed by atoms with Gasteiger partial charge in [0, 0.05) is 24.1 Å². The van der Waals surface area contributed by atoms with Crippen LogP contribution in [0.4, 0.5) is 10.7 Å². The molecule has 1 aromatic heterocycles. The average molecular weight is 371 g/mol. The van der Waals surface area contributed by atoms with Crippen LogP contribution in [0.2, 0.25) is 0 Å². The minimum Gasteiger partial charge on any atom is -0.462 e. The maximum absolute atomic E-state index is 12.4. The first-order chi connectivity index (χ1) is 11.6. The highest BCUT2D eigenvalue weighted by atomic mass is 32.2. The van der Waals surface area contributed by atoms with E-state index < -0.39 is 26.9 Å². The molecule has 0 aliphatic rings. The summed E-state index contributed by atoms with van der Waals surface area (Å²) in [6.07, 6.45) is 0. The predicted molar refractivity (Wildman–Crippen MR) is 91.0 cm³/mol. The van der Waals surface area contributed by atoms with Gasteiger partial charge < -0.3 is 10.1 Å². The number of nitrogens with one attached hydrogen (secondary N) is 3. The van der Waals surface area contributed by atoms with Gasteiger partial charge in [-0.15, -0.1) is 0 Å². The number of sulfonamides is 1. The first kappa shape index (κ1) is 20.4. The fraction of sp³-hybridized carbons (Fsp3) is 0.429. The fourth-order valence-electron chi connectivity index (χ4n) is 1.86. The maximum Gasteiger partial charge on any atom is 0.353 e. The molecular weight excluding hydrogens is 350 g/mol. The van der Waals surface area contributed by atoms with Gasteiger partial charge in [0.05, 0.1) is 6.61 Å². The minimum absolute atomic E-state index is 0.0164. The number of carbonyl (C=O) groups is 2. The second-order valence-corrected chi connectivity index (χ2v) is 6.58. The highest BCUT2D eigenvalue weighted by molar-refractivity contribution is 7.94. The number of allylic oxidation sites excluding steroid dienone is 1. The van der Waals surface area contributed by atoms with Gasteiger partial charge in [0.1, 0.15) is 0 Å². The molecular formula is C14H21N5O5S. The largest absolute Gasteiger partial charge is 0.462 e. The zero-order valence-electron chi connectivity index (χ0n) is 14.6. The average Bonchev–Trinajstić information content (AvgIpc) is 2.44. The Morgan fingerprint density at radius 2 is 1.76 bits per heavy atom. The molecule has 11 heteroatoms. The quantitative estimate of drug-likeness (QED) is 0.487. The molecule has 0 aliphatic carbocycles. The highest BCUT2D eigenvalue weighted by Crippen LogP contribution is 2.12. The van der Waals surface area contributed by atoms with E-state index in [4.69, 9.17) is 4.74 Å². The van der Waals surface area contributed by atoms with E-state index in [1.807, 2.05) is 0 Å². The number of amides is 2. The minimum atomic E-state index is -4.47. The molecule has 0 aromatic carbocycles. The van der Waals surface area contributed by atoms with E-state index >= 15 is 0 Å². The van der Waals surface area contributed by atoms with E-state index in [-0.39, 0.29) is 18.3 Å². The lowest BCUT2D eigenvalue weighted by molar-refractivity contribution is -0.137. The van der Waals surface area contributed by atoms with Crippen LogP contribution < -0.4 is 15.4 Å². The topological polar surface area (TPSA) is 139 Å². The number of ether oxygens (including phenoxy) is 1. The lowest BCUT2D eigenvalue weighted by Crippen LogP contribution is -2.38. The number of rotatable bonds is 6. The number of esters is 1. The molecule has 10 nitrogen and oxygen atoms in total. The van der Waals surface area contributed by atoms with Crippen LogP contribution in [0.15, 0.2) is 16.7 Å². The molecule has 0 bridgehead atoms. The smallest absolute Gasteiger partial charge is 0.353 e. The lowest BCUT2D eigenvalue weighted by Gasteiger charge is -2.13. The van der Waals surface area contributed by atoms with Crippen molar-refractivity contribution >= 4 is 28.0 Å². The van der Waals surface area contributed by atoms with Crippen LogP contribution in [0, 0.1) is 13.8 Å². The normalized spacial score (nSPS) is 12.0. The van der Waals surface area contributed by atoms with Crippen LogP contribution in [0.3, 0.4) is 0 Å². The number of aryl methyl sites for hydroxylation is 2. The molecule has 1 rings (SSSR count). The number of hydrogen-bond donors (Lipinski definition) is 3. The summed E-state index contributed by atoms with van der Waals surface area (Å²) < 4.78 is 31.2. The van der Waals surface area contributed by atoms with E-state index in [0.29, 0.717) is 11.4 Å². The number of urea groups is 1. The third-order valence-electron chi connectivity index (χ3n) is 2.88. The summed E-state index contributed by atoms with van der Waals surface area (Å²) in [6, 6.07) is 0.591. The molecule has 0 atom stereocenters. The second-order valence-electron chi connectivity index (χ2n) is 4.96. The SMILES string of the molecule is CCOC(=O)C(=C(C)NC)S(=O)(=O)NC(=O)Nc1nc(C)cc(C)n1. The monoisotopic (exact) mass is 371 g/mol. The molecule has 0 saturated carbocycles. The molecule has 1 aromatic rings. The molecule has 0 unspecified atom stereocenters. The lowest BCUT2D eigenvalue weighted by atomic mass is 10.4. The Hall–Kier alpha value is -2.69. The van der Waals surface area contributed by atoms with Crippen molar-refractivity contribution in [3.05, 3.63) is 28.1 Å². The van der Waals surface area contributed by atoms with E-state index in [9.17, 15) is 18.0 Å². The van der Waals surface area contributed by atoms with Gasteiger partial charge >= 0.3 is 12.0 Å². The molecule has 0 aliphatic heterocycles. The van der Waals surface area contributed by atoms with Crippen LogP contribution in [0.1, 0.15) is 25.2 Å². The Morgan fingerprint density at radius 1 is 1.20 bits per heavy atom. The Morgan fingerprint density at radius 3 is 2.24 bits per heavy atom. The Bertz CT molecular complexity index is 784. The zero-order valence-corrected chi connectivity index (χ0v) is 15.4. The summed E-state index contributed by atoms with van der Waals surface area (Å²) in [4.78, 5) is 31.1. The summed E-state index contributed by atoms with van der Waals surface area (Å²) >= 11 is 0. The molecule has 0 saturated heterocycles. The summed E-state index contributed by atoms with van der Waals surface area (Å²) in [6.45, 7) is 6.29. The number of nitrogens with zero attached hydrogens (tertiary/aromatic N) is 2. The van der Waals surface area contributed by atoms with Crippen molar-refractivity contribution in [2.24, 2.45) is 0 Å². The third-order valence-corrected chi connectivity index (χ3v) is 4.34. The predicted octanol–water partition coefficient (Wildman–Crippen LogP) is 0.559. The van der Waals surface area contributed by atoms with Gasteiger partial charge in [0.2, 0.25) is 5.95 Å². The van der Waals surface area contributed by atoms with Gasteiger partial charge in [-0.05, 0) is 33.8 Å². The van der Waals surface area contributed by atoms with Crippen molar-refractivity contribution in [1.29, 1.82) is 0 Å². The van der Waals surface area contributed by atoms with Gasteiger partial charge in [-0.2, -0.15) is 0 Å². The number of carbonyl (C=O) groups excluding carboxylic acids is 2. The second kappa shape index (κ2) is 8.42. The first-order valence-electron chi connectivity index (χ1n) is 7.32. The number of aromatic nitrogens is 2.